The van der Waals surface area contributed by atoms with Crippen LogP contribution in [0.2, 0.25) is 0 Å². The van der Waals surface area contributed by atoms with Gasteiger partial charge in [-0.15, -0.1) is 0 Å². The van der Waals surface area contributed by atoms with E-state index in [-0.39, 0.29) is 18.9 Å². The van der Waals surface area contributed by atoms with Crippen molar-refractivity contribution < 1.29 is 18.9 Å². The molecule has 4 rings (SSSR count). The van der Waals surface area contributed by atoms with Crippen LogP contribution in [0, 0.1) is 30.1 Å². The SMILES string of the molecule is [CH2-]C12CC3CC1CC3C2.[Li+]. The first-order valence-electron chi connectivity index (χ1n) is 4.13. The summed E-state index contributed by atoms with van der Waals surface area (Å²) in [5.74, 6) is 3.28. The zero-order chi connectivity index (χ0) is 6.06. The second-order valence-electron chi connectivity index (χ2n) is 4.46. The van der Waals surface area contributed by atoms with Crippen molar-refractivity contribution in [1.29, 1.82) is 0 Å². The Morgan fingerprint density at radius 2 is 1.60 bits per heavy atom. The van der Waals surface area contributed by atoms with Gasteiger partial charge in [0.1, 0.15) is 0 Å². The molecule has 1 heteroatoms. The molecule has 0 aromatic carbocycles. The topological polar surface area (TPSA) is 0 Å². The first kappa shape index (κ1) is 7.26. The molecule has 2 unspecified atom stereocenters. The Kier molecular flexibility index (Phi) is 1.34. The molecule has 0 heterocycles. The molecule has 4 aliphatic carbocycles. The van der Waals surface area contributed by atoms with E-state index in [2.05, 4.69) is 6.92 Å². The quantitative estimate of drug-likeness (QED) is 0.298. The Morgan fingerprint density at radius 3 is 1.70 bits per heavy atom. The summed E-state index contributed by atoms with van der Waals surface area (Å²) in [4.78, 5) is 0. The summed E-state index contributed by atoms with van der Waals surface area (Å²) in [5, 5.41) is 0. The summed E-state index contributed by atoms with van der Waals surface area (Å²) in [6.45, 7) is 4.35. The van der Waals surface area contributed by atoms with Crippen LogP contribution in [-0.2, 0) is 0 Å². The van der Waals surface area contributed by atoms with Crippen LogP contribution in [0.5, 0.6) is 0 Å². The molecule has 4 bridgehead atoms. The second kappa shape index (κ2) is 1.85. The fourth-order valence-corrected chi connectivity index (χ4v) is 3.67. The van der Waals surface area contributed by atoms with E-state index in [1.807, 2.05) is 0 Å². The van der Waals surface area contributed by atoms with E-state index in [9.17, 15) is 0 Å². The molecule has 50 valence electrons. The van der Waals surface area contributed by atoms with Gasteiger partial charge in [0.05, 0.1) is 0 Å². The average molecular weight is 128 g/mol. The molecule has 0 saturated heterocycles. The van der Waals surface area contributed by atoms with Crippen LogP contribution >= 0.6 is 0 Å². The summed E-state index contributed by atoms with van der Waals surface area (Å²) in [5.41, 5.74) is 0.593. The maximum absolute atomic E-state index is 4.35. The van der Waals surface area contributed by atoms with Gasteiger partial charge in [-0.3, -0.25) is 0 Å². The van der Waals surface area contributed by atoms with Crippen molar-refractivity contribution >= 4 is 0 Å². The number of hydrogen-bond acceptors (Lipinski definition) is 0. The largest absolute Gasteiger partial charge is 1.00 e. The zero-order valence-electron chi connectivity index (χ0n) is 6.77. The average Bonchev–Trinajstić information content (AvgIpc) is 2.27. The summed E-state index contributed by atoms with van der Waals surface area (Å²) in [7, 11) is 0. The Balaban J connectivity index is 0.000000403. The van der Waals surface area contributed by atoms with Gasteiger partial charge in [0.25, 0.3) is 0 Å². The molecule has 0 amide bonds. The molecule has 4 saturated carbocycles. The third-order valence-corrected chi connectivity index (χ3v) is 4.04. The predicted molar refractivity (Wildman–Crippen MR) is 36.7 cm³/mol. The summed E-state index contributed by atoms with van der Waals surface area (Å²) >= 11 is 0. The molecule has 0 aromatic heterocycles. The third kappa shape index (κ3) is 0.607. The summed E-state index contributed by atoms with van der Waals surface area (Å²) < 4.78 is 0. The van der Waals surface area contributed by atoms with E-state index in [1.54, 1.807) is 0 Å². The monoisotopic (exact) mass is 128 g/mol. The summed E-state index contributed by atoms with van der Waals surface area (Å²) in [6.07, 6.45) is 6.02. The smallest absolute Gasteiger partial charge is 0.337 e. The Hall–Kier alpha value is 0.597. The molecule has 0 aliphatic heterocycles. The van der Waals surface area contributed by atoms with Gasteiger partial charge in [0, 0.05) is 0 Å². The molecule has 0 N–H and O–H groups in total. The molecule has 0 radical (unpaired) electrons. The molecular weight excluding hydrogens is 115 g/mol. The van der Waals surface area contributed by atoms with Crippen molar-refractivity contribution in [2.75, 3.05) is 0 Å². The minimum atomic E-state index is 0. The van der Waals surface area contributed by atoms with Gasteiger partial charge in [0.2, 0.25) is 0 Å². The predicted octanol–water partition coefficient (Wildman–Crippen LogP) is -0.739. The van der Waals surface area contributed by atoms with Crippen LogP contribution in [0.4, 0.5) is 0 Å². The molecule has 10 heavy (non-hydrogen) atoms. The molecule has 0 spiro atoms. The molecule has 4 aliphatic rings. The first-order chi connectivity index (χ1) is 4.28. The van der Waals surface area contributed by atoms with E-state index < -0.39 is 0 Å². The van der Waals surface area contributed by atoms with Crippen molar-refractivity contribution in [1.82, 2.24) is 0 Å². The standard InChI is InChI=1S/C9H13.Li/c1-9-4-6-2-8(9)3-7(6)5-9;/h6-8H,1-5H2;/q-1;+1. The van der Waals surface area contributed by atoms with Gasteiger partial charge >= 0.3 is 18.9 Å². The number of rotatable bonds is 0. The van der Waals surface area contributed by atoms with Crippen LogP contribution in [0.1, 0.15) is 25.7 Å². The summed E-state index contributed by atoms with van der Waals surface area (Å²) in [6, 6.07) is 0. The van der Waals surface area contributed by atoms with Gasteiger partial charge < -0.3 is 6.92 Å². The molecule has 4 fully saturated rings. The fourth-order valence-electron chi connectivity index (χ4n) is 3.67. The van der Waals surface area contributed by atoms with E-state index in [4.69, 9.17) is 0 Å². The van der Waals surface area contributed by atoms with Gasteiger partial charge in [-0.25, -0.2) is 0 Å². The van der Waals surface area contributed by atoms with Gasteiger partial charge in [-0.1, -0.05) is 18.8 Å². The van der Waals surface area contributed by atoms with E-state index >= 15 is 0 Å². The number of hydrogen-bond donors (Lipinski definition) is 0. The van der Waals surface area contributed by atoms with Gasteiger partial charge in [-0.05, 0) is 24.7 Å². The van der Waals surface area contributed by atoms with Gasteiger partial charge in [0.15, 0.2) is 0 Å². The Morgan fingerprint density at radius 1 is 1.10 bits per heavy atom. The van der Waals surface area contributed by atoms with Crippen LogP contribution < -0.4 is 18.9 Å². The van der Waals surface area contributed by atoms with Crippen LogP contribution in [0.25, 0.3) is 0 Å². The second-order valence-corrected chi connectivity index (χ2v) is 4.46. The van der Waals surface area contributed by atoms with Crippen molar-refractivity contribution in [3.8, 4) is 0 Å². The van der Waals surface area contributed by atoms with Crippen LogP contribution in [-0.4, -0.2) is 0 Å². The van der Waals surface area contributed by atoms with Crippen molar-refractivity contribution in [3.63, 3.8) is 0 Å². The molecular formula is C9H13Li. The van der Waals surface area contributed by atoms with E-state index in [0.29, 0.717) is 5.41 Å². The molecule has 2 atom stereocenters. The molecule has 0 nitrogen and oxygen atoms in total. The normalized spacial score (nSPS) is 61.5. The zero-order valence-corrected chi connectivity index (χ0v) is 6.77. The minimum Gasteiger partial charge on any atom is -0.337 e. The minimum absolute atomic E-state index is 0. The molecule has 0 aromatic rings. The first-order valence-corrected chi connectivity index (χ1v) is 4.13. The maximum atomic E-state index is 4.35. The maximum Gasteiger partial charge on any atom is 1.00 e. The third-order valence-electron chi connectivity index (χ3n) is 4.04. The Bertz CT molecular complexity index is 150. The Labute approximate surface area is 74.9 Å². The van der Waals surface area contributed by atoms with Crippen LogP contribution in [0.3, 0.4) is 0 Å². The van der Waals surface area contributed by atoms with E-state index in [0.717, 1.165) is 17.8 Å². The van der Waals surface area contributed by atoms with E-state index in [1.165, 1.54) is 25.7 Å². The van der Waals surface area contributed by atoms with Crippen LogP contribution in [0.15, 0.2) is 0 Å². The van der Waals surface area contributed by atoms with Crippen molar-refractivity contribution in [2.45, 2.75) is 25.7 Å². The van der Waals surface area contributed by atoms with Crippen molar-refractivity contribution in [2.24, 2.45) is 23.2 Å². The van der Waals surface area contributed by atoms with Gasteiger partial charge in [-0.2, -0.15) is 5.41 Å². The van der Waals surface area contributed by atoms with Crippen molar-refractivity contribution in [3.05, 3.63) is 6.92 Å². The fraction of sp³-hybridized carbons (Fsp3) is 0.889.